The Kier molecular flexibility index (Phi) is 8.39. The smallest absolute Gasteiger partial charge is 0.258 e. The molecular formula is C22H24ClFN2O3S. The van der Waals surface area contributed by atoms with Crippen molar-refractivity contribution in [3.8, 4) is 5.75 Å². The monoisotopic (exact) mass is 450 g/mol. The second-order valence-electron chi connectivity index (χ2n) is 7.17. The average molecular weight is 451 g/mol. The van der Waals surface area contributed by atoms with E-state index in [2.05, 4.69) is 10.6 Å². The fraction of sp³-hybridized carbons (Fsp3) is 0.364. The number of halogens is 2. The van der Waals surface area contributed by atoms with Gasteiger partial charge in [0.15, 0.2) is 6.61 Å². The lowest BCUT2D eigenvalue weighted by atomic mass is 9.91. The largest absolute Gasteiger partial charge is 0.484 e. The number of thioether (sulfide) groups is 1. The molecule has 3 rings (SSSR count). The quantitative estimate of drug-likeness (QED) is 0.592. The second kappa shape index (κ2) is 11.2. The van der Waals surface area contributed by atoms with Gasteiger partial charge < -0.3 is 15.4 Å². The molecule has 0 bridgehead atoms. The van der Waals surface area contributed by atoms with Crippen LogP contribution in [0.1, 0.15) is 25.7 Å². The van der Waals surface area contributed by atoms with E-state index in [-0.39, 0.29) is 36.3 Å². The van der Waals surface area contributed by atoms with Crippen molar-refractivity contribution in [3.05, 3.63) is 59.4 Å². The lowest BCUT2D eigenvalue weighted by Crippen LogP contribution is -2.45. The summed E-state index contributed by atoms with van der Waals surface area (Å²) in [6.45, 7) is -0.0428. The van der Waals surface area contributed by atoms with Gasteiger partial charge in [-0.3, -0.25) is 9.59 Å². The van der Waals surface area contributed by atoms with E-state index in [1.165, 1.54) is 23.9 Å². The first-order valence-electron chi connectivity index (χ1n) is 9.83. The van der Waals surface area contributed by atoms with Crippen molar-refractivity contribution in [1.82, 2.24) is 10.6 Å². The van der Waals surface area contributed by atoms with Gasteiger partial charge in [0, 0.05) is 22.0 Å². The predicted octanol–water partition coefficient (Wildman–Crippen LogP) is 4.19. The summed E-state index contributed by atoms with van der Waals surface area (Å²) in [5.74, 6) is 0.412. The number of ether oxygens (including phenoxy) is 1. The molecule has 0 atom stereocenters. The van der Waals surface area contributed by atoms with Gasteiger partial charge in [0.25, 0.3) is 5.91 Å². The fourth-order valence-electron chi connectivity index (χ4n) is 3.28. The molecule has 2 amide bonds. The van der Waals surface area contributed by atoms with Gasteiger partial charge in [0.1, 0.15) is 11.6 Å². The predicted molar refractivity (Wildman–Crippen MR) is 116 cm³/mol. The molecule has 1 aliphatic rings. The summed E-state index contributed by atoms with van der Waals surface area (Å²) in [6.07, 6.45) is 3.25. The first kappa shape index (κ1) is 22.4. The van der Waals surface area contributed by atoms with E-state index in [0.717, 1.165) is 30.6 Å². The third kappa shape index (κ3) is 7.54. The number of amides is 2. The average Bonchev–Trinajstić information content (AvgIpc) is 2.74. The van der Waals surface area contributed by atoms with Crippen LogP contribution in [-0.4, -0.2) is 36.3 Å². The van der Waals surface area contributed by atoms with Crippen LogP contribution in [0.5, 0.6) is 5.75 Å². The Morgan fingerprint density at radius 1 is 0.933 bits per heavy atom. The molecule has 0 saturated heterocycles. The van der Waals surface area contributed by atoms with Gasteiger partial charge >= 0.3 is 0 Å². The van der Waals surface area contributed by atoms with E-state index in [1.54, 1.807) is 36.4 Å². The van der Waals surface area contributed by atoms with Crippen LogP contribution < -0.4 is 15.4 Å². The fourth-order valence-corrected chi connectivity index (χ4v) is 4.12. The summed E-state index contributed by atoms with van der Waals surface area (Å²) in [5, 5.41) is 6.65. The Labute approximate surface area is 184 Å². The van der Waals surface area contributed by atoms with Gasteiger partial charge in [-0.1, -0.05) is 11.6 Å². The highest BCUT2D eigenvalue weighted by molar-refractivity contribution is 8.00. The highest BCUT2D eigenvalue weighted by Gasteiger charge is 2.23. The minimum absolute atomic E-state index is 0.0341. The van der Waals surface area contributed by atoms with Crippen molar-refractivity contribution in [2.24, 2.45) is 0 Å². The molecule has 0 aromatic heterocycles. The zero-order valence-corrected chi connectivity index (χ0v) is 18.0. The molecule has 8 heteroatoms. The number of hydrogen-bond donors (Lipinski definition) is 2. The van der Waals surface area contributed by atoms with Gasteiger partial charge in [0.05, 0.1) is 5.75 Å². The molecule has 2 aromatic carbocycles. The van der Waals surface area contributed by atoms with E-state index in [4.69, 9.17) is 16.3 Å². The topological polar surface area (TPSA) is 67.4 Å². The highest BCUT2D eigenvalue weighted by atomic mass is 35.5. The van der Waals surface area contributed by atoms with Crippen molar-refractivity contribution >= 4 is 35.2 Å². The number of benzene rings is 2. The van der Waals surface area contributed by atoms with Crippen LogP contribution in [0.15, 0.2) is 53.4 Å². The zero-order valence-electron chi connectivity index (χ0n) is 16.4. The molecule has 160 valence electrons. The maximum atomic E-state index is 12.9. The molecule has 2 aromatic rings. The van der Waals surface area contributed by atoms with Crippen LogP contribution >= 0.6 is 23.4 Å². The Balaban J connectivity index is 1.31. The Morgan fingerprint density at radius 2 is 1.50 bits per heavy atom. The standard InChI is InChI=1S/C22H24ClFN2O3S/c23-15-1-9-19(10-2-15)29-13-21(27)25-17-5-7-18(8-6-17)26-22(28)14-30-20-11-3-16(24)4-12-20/h1-4,9-12,17-18H,5-8,13-14H2,(H,25,27)(H,26,28). The SMILES string of the molecule is O=C(COc1ccc(Cl)cc1)NC1CCC(NC(=O)CSc2ccc(F)cc2)CC1. The Bertz CT molecular complexity index is 769. The lowest BCUT2D eigenvalue weighted by Gasteiger charge is -2.29. The van der Waals surface area contributed by atoms with Crippen LogP contribution in [0.25, 0.3) is 0 Å². The molecule has 1 aliphatic carbocycles. The van der Waals surface area contributed by atoms with Crippen LogP contribution in [0.4, 0.5) is 4.39 Å². The molecular weight excluding hydrogens is 427 g/mol. The van der Waals surface area contributed by atoms with Crippen LogP contribution in [-0.2, 0) is 9.59 Å². The van der Waals surface area contributed by atoms with Gasteiger partial charge in [-0.15, -0.1) is 11.8 Å². The number of nitrogens with one attached hydrogen (secondary N) is 2. The Morgan fingerprint density at radius 3 is 2.10 bits per heavy atom. The lowest BCUT2D eigenvalue weighted by molar-refractivity contribution is -0.124. The molecule has 30 heavy (non-hydrogen) atoms. The number of carbonyl (C=O) groups excluding carboxylic acids is 2. The molecule has 0 unspecified atom stereocenters. The van der Waals surface area contributed by atoms with Gasteiger partial charge in [-0.05, 0) is 74.2 Å². The van der Waals surface area contributed by atoms with Crippen molar-refractivity contribution in [1.29, 1.82) is 0 Å². The molecule has 0 radical (unpaired) electrons. The summed E-state index contributed by atoms with van der Waals surface area (Å²) in [6, 6.07) is 13.2. The highest BCUT2D eigenvalue weighted by Crippen LogP contribution is 2.21. The molecule has 0 heterocycles. The molecule has 5 nitrogen and oxygen atoms in total. The van der Waals surface area contributed by atoms with Crippen molar-refractivity contribution in [2.45, 2.75) is 42.7 Å². The first-order valence-corrected chi connectivity index (χ1v) is 11.2. The number of hydrogen-bond acceptors (Lipinski definition) is 4. The summed E-state index contributed by atoms with van der Waals surface area (Å²) < 4.78 is 18.4. The number of rotatable bonds is 8. The van der Waals surface area contributed by atoms with E-state index in [9.17, 15) is 14.0 Å². The van der Waals surface area contributed by atoms with Gasteiger partial charge in [0.2, 0.25) is 5.91 Å². The third-order valence-corrected chi connectivity index (χ3v) is 6.09. The van der Waals surface area contributed by atoms with E-state index < -0.39 is 0 Å². The molecule has 1 fully saturated rings. The van der Waals surface area contributed by atoms with Gasteiger partial charge in [-0.2, -0.15) is 0 Å². The zero-order chi connectivity index (χ0) is 21.3. The third-order valence-electron chi connectivity index (χ3n) is 4.82. The minimum Gasteiger partial charge on any atom is -0.484 e. The Hall–Kier alpha value is -2.25. The van der Waals surface area contributed by atoms with E-state index in [0.29, 0.717) is 16.5 Å². The minimum atomic E-state index is -0.288. The summed E-state index contributed by atoms with van der Waals surface area (Å²) in [4.78, 5) is 25.1. The normalized spacial score (nSPS) is 18.5. The van der Waals surface area contributed by atoms with Crippen LogP contribution in [0, 0.1) is 5.82 Å². The molecule has 2 N–H and O–H groups in total. The second-order valence-corrected chi connectivity index (χ2v) is 8.65. The summed E-state index contributed by atoms with van der Waals surface area (Å²) >= 11 is 7.20. The summed E-state index contributed by atoms with van der Waals surface area (Å²) in [5.41, 5.74) is 0. The molecule has 0 aliphatic heterocycles. The maximum Gasteiger partial charge on any atom is 0.258 e. The number of carbonyl (C=O) groups is 2. The first-order chi connectivity index (χ1) is 14.5. The van der Waals surface area contributed by atoms with Crippen molar-refractivity contribution in [3.63, 3.8) is 0 Å². The van der Waals surface area contributed by atoms with E-state index >= 15 is 0 Å². The van der Waals surface area contributed by atoms with Crippen molar-refractivity contribution in [2.75, 3.05) is 12.4 Å². The molecule has 0 spiro atoms. The van der Waals surface area contributed by atoms with Gasteiger partial charge in [-0.25, -0.2) is 4.39 Å². The van der Waals surface area contributed by atoms with Crippen LogP contribution in [0.2, 0.25) is 5.02 Å². The molecule has 1 saturated carbocycles. The van der Waals surface area contributed by atoms with E-state index in [1.807, 2.05) is 0 Å². The maximum absolute atomic E-state index is 12.9. The summed E-state index contributed by atoms with van der Waals surface area (Å²) in [7, 11) is 0. The van der Waals surface area contributed by atoms with Crippen molar-refractivity contribution < 1.29 is 18.7 Å². The van der Waals surface area contributed by atoms with Crippen LogP contribution in [0.3, 0.4) is 0 Å².